The number of para-hydroxylation sites is 2. The van der Waals surface area contributed by atoms with Crippen molar-refractivity contribution >= 4 is 22.6 Å². The highest BCUT2D eigenvalue weighted by Crippen LogP contribution is 2.19. The van der Waals surface area contributed by atoms with E-state index in [0.717, 1.165) is 16.6 Å². The van der Waals surface area contributed by atoms with Gasteiger partial charge in [-0.2, -0.15) is 0 Å². The molecule has 0 saturated carbocycles. The van der Waals surface area contributed by atoms with Crippen LogP contribution in [0.25, 0.3) is 11.0 Å². The molecule has 1 aromatic heterocycles. The maximum Gasteiger partial charge on any atom is 0.329 e. The summed E-state index contributed by atoms with van der Waals surface area (Å²) in [5, 5.41) is 0.688. The lowest BCUT2D eigenvalue weighted by Gasteiger charge is -2.05. The van der Waals surface area contributed by atoms with Gasteiger partial charge in [-0.1, -0.05) is 41.9 Å². The van der Waals surface area contributed by atoms with Crippen LogP contribution >= 0.6 is 11.6 Å². The molecule has 20 heavy (non-hydrogen) atoms. The fraction of sp³-hybridized carbons (Fsp3) is 0.188. The molecular formula is C16H15ClN2O. The maximum atomic E-state index is 12.5. The molecule has 0 saturated heterocycles. The molecule has 3 aromatic rings. The van der Waals surface area contributed by atoms with Crippen molar-refractivity contribution in [2.45, 2.75) is 20.0 Å². The van der Waals surface area contributed by atoms with Crippen LogP contribution in [-0.2, 0) is 13.1 Å². The Morgan fingerprint density at radius 2 is 1.55 bits per heavy atom. The van der Waals surface area contributed by atoms with E-state index in [-0.39, 0.29) is 5.69 Å². The molecule has 0 bridgehead atoms. The summed E-state index contributed by atoms with van der Waals surface area (Å²) in [5.41, 5.74) is 2.87. The number of halogens is 1. The first-order chi connectivity index (χ1) is 9.72. The lowest BCUT2D eigenvalue weighted by molar-refractivity contribution is 0.684. The van der Waals surface area contributed by atoms with Gasteiger partial charge in [-0.25, -0.2) is 4.79 Å². The van der Waals surface area contributed by atoms with Crippen LogP contribution in [0.2, 0.25) is 5.02 Å². The van der Waals surface area contributed by atoms with Crippen LogP contribution < -0.4 is 5.69 Å². The molecule has 0 spiro atoms. The lowest BCUT2D eigenvalue weighted by Crippen LogP contribution is -2.24. The molecule has 0 atom stereocenters. The second-order valence-corrected chi connectivity index (χ2v) is 5.10. The SMILES string of the molecule is CCn1c(=O)n(Cc2ccccc2Cl)c2ccccc21. The molecule has 0 aliphatic rings. The highest BCUT2D eigenvalue weighted by Gasteiger charge is 2.12. The molecular weight excluding hydrogens is 272 g/mol. The summed E-state index contributed by atoms with van der Waals surface area (Å²) in [4.78, 5) is 12.5. The Kier molecular flexibility index (Phi) is 3.36. The first kappa shape index (κ1) is 13.0. The third-order valence-corrected chi connectivity index (χ3v) is 3.90. The van der Waals surface area contributed by atoms with Crippen molar-refractivity contribution in [2.75, 3.05) is 0 Å². The maximum absolute atomic E-state index is 12.5. The zero-order valence-electron chi connectivity index (χ0n) is 11.2. The van der Waals surface area contributed by atoms with E-state index >= 15 is 0 Å². The predicted octanol–water partition coefficient (Wildman–Crippen LogP) is 3.52. The Balaban J connectivity index is 2.20. The van der Waals surface area contributed by atoms with Crippen LogP contribution in [0.1, 0.15) is 12.5 Å². The minimum atomic E-state index is 0.00798. The third kappa shape index (κ3) is 2.04. The molecule has 0 aliphatic heterocycles. The number of fused-ring (bicyclic) bond motifs is 1. The summed E-state index contributed by atoms with van der Waals surface area (Å²) in [7, 11) is 0. The topological polar surface area (TPSA) is 26.9 Å². The molecule has 3 rings (SSSR count). The van der Waals surface area contributed by atoms with Crippen molar-refractivity contribution in [1.29, 1.82) is 0 Å². The number of hydrogen-bond acceptors (Lipinski definition) is 1. The number of rotatable bonds is 3. The van der Waals surface area contributed by atoms with Crippen LogP contribution in [0.4, 0.5) is 0 Å². The zero-order chi connectivity index (χ0) is 14.1. The molecule has 3 nitrogen and oxygen atoms in total. The minimum absolute atomic E-state index is 0.00798. The number of hydrogen-bond donors (Lipinski definition) is 0. The molecule has 0 unspecified atom stereocenters. The highest BCUT2D eigenvalue weighted by atomic mass is 35.5. The second-order valence-electron chi connectivity index (χ2n) is 4.69. The van der Waals surface area contributed by atoms with Crippen molar-refractivity contribution in [1.82, 2.24) is 9.13 Å². The summed E-state index contributed by atoms with van der Waals surface area (Å²) in [5.74, 6) is 0. The van der Waals surface area contributed by atoms with Gasteiger partial charge in [-0.15, -0.1) is 0 Å². The lowest BCUT2D eigenvalue weighted by atomic mass is 10.2. The van der Waals surface area contributed by atoms with Crippen molar-refractivity contribution in [3.05, 3.63) is 69.6 Å². The van der Waals surface area contributed by atoms with Gasteiger partial charge in [0, 0.05) is 11.6 Å². The predicted molar refractivity (Wildman–Crippen MR) is 82.4 cm³/mol. The number of aromatic nitrogens is 2. The Hall–Kier alpha value is -2.00. The number of benzene rings is 2. The van der Waals surface area contributed by atoms with Gasteiger partial charge in [0.15, 0.2) is 0 Å². The van der Waals surface area contributed by atoms with E-state index in [1.54, 1.807) is 9.13 Å². The van der Waals surface area contributed by atoms with Gasteiger partial charge in [-0.05, 0) is 30.7 Å². The first-order valence-electron chi connectivity index (χ1n) is 6.64. The van der Waals surface area contributed by atoms with Crippen molar-refractivity contribution in [3.8, 4) is 0 Å². The highest BCUT2D eigenvalue weighted by molar-refractivity contribution is 6.31. The molecule has 0 fully saturated rings. The normalized spacial score (nSPS) is 11.1. The average Bonchev–Trinajstić information content (AvgIpc) is 2.74. The molecule has 4 heteroatoms. The molecule has 0 aliphatic carbocycles. The zero-order valence-corrected chi connectivity index (χ0v) is 12.0. The first-order valence-corrected chi connectivity index (χ1v) is 7.01. The van der Waals surface area contributed by atoms with E-state index in [4.69, 9.17) is 11.6 Å². The monoisotopic (exact) mass is 286 g/mol. The van der Waals surface area contributed by atoms with Gasteiger partial charge in [0.2, 0.25) is 0 Å². The molecule has 0 N–H and O–H groups in total. The van der Waals surface area contributed by atoms with Gasteiger partial charge in [0.05, 0.1) is 17.6 Å². The van der Waals surface area contributed by atoms with Gasteiger partial charge in [-0.3, -0.25) is 9.13 Å². The standard InChI is InChI=1S/C16H15ClN2O/c1-2-18-14-9-5-6-10-15(14)19(16(18)20)11-12-7-3-4-8-13(12)17/h3-10H,2,11H2,1H3. The van der Waals surface area contributed by atoms with Crippen LogP contribution in [0.5, 0.6) is 0 Å². The largest absolute Gasteiger partial charge is 0.329 e. The van der Waals surface area contributed by atoms with Crippen LogP contribution in [0.15, 0.2) is 53.3 Å². The summed E-state index contributed by atoms with van der Waals surface area (Å²) in [6, 6.07) is 15.5. The van der Waals surface area contributed by atoms with E-state index in [0.29, 0.717) is 18.1 Å². The third-order valence-electron chi connectivity index (χ3n) is 3.53. The van der Waals surface area contributed by atoms with E-state index < -0.39 is 0 Å². The Morgan fingerprint density at radius 1 is 0.950 bits per heavy atom. The van der Waals surface area contributed by atoms with E-state index in [1.165, 1.54) is 0 Å². The Labute approximate surface area is 122 Å². The van der Waals surface area contributed by atoms with Crippen molar-refractivity contribution in [3.63, 3.8) is 0 Å². The molecule has 0 radical (unpaired) electrons. The van der Waals surface area contributed by atoms with Gasteiger partial charge < -0.3 is 0 Å². The fourth-order valence-corrected chi connectivity index (χ4v) is 2.72. The minimum Gasteiger partial charge on any atom is -0.292 e. The molecule has 102 valence electrons. The summed E-state index contributed by atoms with van der Waals surface area (Å²) >= 11 is 6.20. The van der Waals surface area contributed by atoms with Gasteiger partial charge >= 0.3 is 5.69 Å². The summed E-state index contributed by atoms with van der Waals surface area (Å²) in [6.07, 6.45) is 0. The number of nitrogens with zero attached hydrogens (tertiary/aromatic N) is 2. The van der Waals surface area contributed by atoms with E-state index in [1.807, 2.05) is 55.5 Å². The quantitative estimate of drug-likeness (QED) is 0.724. The smallest absolute Gasteiger partial charge is 0.292 e. The average molecular weight is 287 g/mol. The van der Waals surface area contributed by atoms with Crippen LogP contribution in [0.3, 0.4) is 0 Å². The molecule has 1 heterocycles. The van der Waals surface area contributed by atoms with Crippen LogP contribution in [0, 0.1) is 0 Å². The number of imidazole rings is 1. The van der Waals surface area contributed by atoms with Gasteiger partial charge in [0.1, 0.15) is 0 Å². The van der Waals surface area contributed by atoms with E-state index in [2.05, 4.69) is 0 Å². The Bertz CT molecular complexity index is 817. The summed E-state index contributed by atoms with van der Waals surface area (Å²) in [6.45, 7) is 3.13. The summed E-state index contributed by atoms with van der Waals surface area (Å²) < 4.78 is 3.56. The van der Waals surface area contributed by atoms with Crippen molar-refractivity contribution < 1.29 is 0 Å². The van der Waals surface area contributed by atoms with Gasteiger partial charge in [0.25, 0.3) is 0 Å². The molecule has 2 aromatic carbocycles. The van der Waals surface area contributed by atoms with Crippen molar-refractivity contribution in [2.24, 2.45) is 0 Å². The molecule has 0 amide bonds. The Morgan fingerprint density at radius 3 is 2.20 bits per heavy atom. The second kappa shape index (κ2) is 5.17. The number of aryl methyl sites for hydroxylation is 1. The van der Waals surface area contributed by atoms with E-state index in [9.17, 15) is 4.79 Å². The van der Waals surface area contributed by atoms with Crippen LogP contribution in [-0.4, -0.2) is 9.13 Å². The fourth-order valence-electron chi connectivity index (χ4n) is 2.53.